The maximum Gasteiger partial charge on any atom is 0.322 e. The number of nitrogens with one attached hydrogen (secondary N) is 2. The van der Waals surface area contributed by atoms with Gasteiger partial charge in [0, 0.05) is 27.4 Å². The second-order valence-electron chi connectivity index (χ2n) is 5.69. The van der Waals surface area contributed by atoms with E-state index in [1.807, 2.05) is 38.2 Å². The molecule has 112 valence electrons. The van der Waals surface area contributed by atoms with Crippen LogP contribution in [0.15, 0.2) is 24.4 Å². The van der Waals surface area contributed by atoms with E-state index in [0.717, 1.165) is 22.2 Å². The average molecular weight is 306 g/mol. The highest BCUT2D eigenvalue weighted by atomic mass is 32.2. The molecule has 5 nitrogen and oxygen atoms in total. The van der Waals surface area contributed by atoms with Crippen molar-refractivity contribution in [3.8, 4) is 5.75 Å². The zero-order valence-electron chi connectivity index (χ0n) is 12.1. The van der Waals surface area contributed by atoms with Crippen LogP contribution >= 0.6 is 11.8 Å². The Balaban J connectivity index is 2.00. The number of aromatic amines is 1. The van der Waals surface area contributed by atoms with Crippen LogP contribution in [0.4, 0.5) is 0 Å². The van der Waals surface area contributed by atoms with Gasteiger partial charge in [-0.1, -0.05) is 0 Å². The van der Waals surface area contributed by atoms with Gasteiger partial charge in [-0.2, -0.15) is 0 Å². The van der Waals surface area contributed by atoms with Crippen LogP contribution in [0.25, 0.3) is 10.9 Å². The molecule has 0 saturated carbocycles. The van der Waals surface area contributed by atoms with Gasteiger partial charge in [-0.15, -0.1) is 11.8 Å². The molecule has 0 radical (unpaired) electrons. The number of benzene rings is 1. The van der Waals surface area contributed by atoms with Gasteiger partial charge < -0.3 is 14.8 Å². The molecule has 3 N–H and O–H groups in total. The van der Waals surface area contributed by atoms with Gasteiger partial charge in [0.15, 0.2) is 0 Å². The summed E-state index contributed by atoms with van der Waals surface area (Å²) in [6.45, 7) is 3.91. The summed E-state index contributed by atoms with van der Waals surface area (Å²) in [7, 11) is 1.64. The Kier molecular flexibility index (Phi) is 3.37. The smallest absolute Gasteiger partial charge is 0.322 e. The molecule has 1 aromatic heterocycles. The Morgan fingerprint density at radius 2 is 2.19 bits per heavy atom. The SMILES string of the molecule is COc1ccc2[nH]cc(C3NC(C(=O)O)C(C)(C)S3)c2c1. The Morgan fingerprint density at radius 1 is 1.43 bits per heavy atom. The van der Waals surface area contributed by atoms with Crippen LogP contribution in [0.5, 0.6) is 5.75 Å². The molecule has 0 aliphatic carbocycles. The lowest BCUT2D eigenvalue weighted by atomic mass is 10.0. The summed E-state index contributed by atoms with van der Waals surface area (Å²) in [6.07, 6.45) is 1.94. The molecule has 2 heterocycles. The van der Waals surface area contributed by atoms with Crippen molar-refractivity contribution in [2.45, 2.75) is 30.0 Å². The Hall–Kier alpha value is -1.66. The molecule has 0 amide bonds. The van der Waals surface area contributed by atoms with E-state index in [2.05, 4.69) is 10.3 Å². The molecule has 1 aliphatic heterocycles. The molecule has 6 heteroatoms. The molecular formula is C15H18N2O3S. The van der Waals surface area contributed by atoms with E-state index in [1.54, 1.807) is 18.9 Å². The number of aliphatic carboxylic acids is 1. The molecule has 1 fully saturated rings. The third-order valence-electron chi connectivity index (χ3n) is 3.89. The maximum absolute atomic E-state index is 11.4. The number of methoxy groups -OCH3 is 1. The van der Waals surface area contributed by atoms with Gasteiger partial charge in [0.05, 0.1) is 12.5 Å². The molecule has 2 atom stereocenters. The van der Waals surface area contributed by atoms with Crippen LogP contribution in [0.3, 0.4) is 0 Å². The highest BCUT2D eigenvalue weighted by molar-refractivity contribution is 8.01. The molecule has 0 spiro atoms. The van der Waals surface area contributed by atoms with Gasteiger partial charge in [0.25, 0.3) is 0 Å². The van der Waals surface area contributed by atoms with Crippen LogP contribution in [0, 0.1) is 0 Å². The van der Waals surface area contributed by atoms with Gasteiger partial charge in [0.2, 0.25) is 0 Å². The van der Waals surface area contributed by atoms with Crippen LogP contribution in [0.1, 0.15) is 24.8 Å². The highest BCUT2D eigenvalue weighted by Crippen LogP contribution is 2.47. The number of aromatic nitrogens is 1. The zero-order chi connectivity index (χ0) is 15.2. The van der Waals surface area contributed by atoms with E-state index in [-0.39, 0.29) is 10.1 Å². The average Bonchev–Trinajstić information content (AvgIpc) is 2.98. The first-order valence-corrected chi connectivity index (χ1v) is 7.62. The lowest BCUT2D eigenvalue weighted by molar-refractivity contribution is -0.139. The van der Waals surface area contributed by atoms with Gasteiger partial charge in [-0.3, -0.25) is 10.1 Å². The quantitative estimate of drug-likeness (QED) is 0.813. The fraction of sp³-hybridized carbons (Fsp3) is 0.400. The van der Waals surface area contributed by atoms with Gasteiger partial charge in [-0.05, 0) is 32.0 Å². The maximum atomic E-state index is 11.4. The van der Waals surface area contributed by atoms with Gasteiger partial charge in [0.1, 0.15) is 11.8 Å². The first-order valence-electron chi connectivity index (χ1n) is 6.74. The Labute approximate surface area is 127 Å². The number of carboxylic acids is 1. The van der Waals surface area contributed by atoms with Crippen molar-refractivity contribution < 1.29 is 14.6 Å². The van der Waals surface area contributed by atoms with Crippen LogP contribution in [-0.4, -0.2) is 34.0 Å². The summed E-state index contributed by atoms with van der Waals surface area (Å²) in [5, 5.41) is 13.6. The number of H-pyrrole nitrogens is 1. The van der Waals surface area contributed by atoms with E-state index in [1.165, 1.54) is 0 Å². The fourth-order valence-corrected chi connectivity index (χ4v) is 4.18. The summed E-state index contributed by atoms with van der Waals surface area (Å²) in [5.41, 5.74) is 2.08. The summed E-state index contributed by atoms with van der Waals surface area (Å²) in [5.74, 6) is -0.0205. The predicted octanol–water partition coefficient (Wildman–Crippen LogP) is 2.74. The van der Waals surface area contributed by atoms with Crippen molar-refractivity contribution >= 4 is 28.6 Å². The standard InChI is InChI=1S/C15H18N2O3S/c1-15(2)12(14(18)19)17-13(21-15)10-7-16-11-5-4-8(20-3)6-9(10)11/h4-7,12-13,16-17H,1-3H3,(H,18,19). The number of hydrogen-bond acceptors (Lipinski definition) is 4. The minimum Gasteiger partial charge on any atom is -0.497 e. The minimum absolute atomic E-state index is 0.0537. The third-order valence-corrected chi connectivity index (χ3v) is 5.35. The van der Waals surface area contributed by atoms with Gasteiger partial charge in [-0.25, -0.2) is 0 Å². The van der Waals surface area contributed by atoms with Crippen molar-refractivity contribution in [3.05, 3.63) is 30.0 Å². The lowest BCUT2D eigenvalue weighted by Crippen LogP contribution is -2.43. The molecule has 1 saturated heterocycles. The van der Waals surface area contributed by atoms with E-state index in [4.69, 9.17) is 4.74 Å². The third kappa shape index (κ3) is 2.38. The fourth-order valence-electron chi connectivity index (χ4n) is 2.74. The number of fused-ring (bicyclic) bond motifs is 1. The van der Waals surface area contributed by atoms with Gasteiger partial charge >= 0.3 is 5.97 Å². The number of ether oxygens (including phenoxy) is 1. The molecule has 2 aromatic rings. The summed E-state index contributed by atoms with van der Waals surface area (Å²) >= 11 is 1.64. The second kappa shape index (κ2) is 4.96. The van der Waals surface area contributed by atoms with Crippen molar-refractivity contribution in [1.29, 1.82) is 0 Å². The van der Waals surface area contributed by atoms with E-state index in [9.17, 15) is 9.90 Å². The molecular weight excluding hydrogens is 288 g/mol. The molecule has 21 heavy (non-hydrogen) atoms. The van der Waals surface area contributed by atoms with Crippen LogP contribution in [-0.2, 0) is 4.79 Å². The second-order valence-corrected chi connectivity index (χ2v) is 7.45. The zero-order valence-corrected chi connectivity index (χ0v) is 13.0. The van der Waals surface area contributed by atoms with Crippen molar-refractivity contribution in [2.24, 2.45) is 0 Å². The van der Waals surface area contributed by atoms with E-state index >= 15 is 0 Å². The number of thioether (sulfide) groups is 1. The molecule has 1 aliphatic rings. The predicted molar refractivity (Wildman–Crippen MR) is 83.8 cm³/mol. The van der Waals surface area contributed by atoms with Crippen molar-refractivity contribution in [1.82, 2.24) is 10.3 Å². The van der Waals surface area contributed by atoms with Crippen LogP contribution in [0.2, 0.25) is 0 Å². The summed E-state index contributed by atoms with van der Waals surface area (Å²) < 4.78 is 4.91. The molecule has 0 bridgehead atoms. The van der Waals surface area contributed by atoms with Crippen LogP contribution < -0.4 is 10.1 Å². The lowest BCUT2D eigenvalue weighted by Gasteiger charge is -2.20. The van der Waals surface area contributed by atoms with E-state index < -0.39 is 12.0 Å². The Bertz CT molecular complexity index is 695. The molecule has 1 aromatic carbocycles. The first kappa shape index (κ1) is 14.3. The van der Waals surface area contributed by atoms with Crippen molar-refractivity contribution in [3.63, 3.8) is 0 Å². The summed E-state index contributed by atoms with van der Waals surface area (Å²) in [6, 6.07) is 5.28. The summed E-state index contributed by atoms with van der Waals surface area (Å²) in [4.78, 5) is 14.6. The first-order chi connectivity index (χ1) is 9.92. The largest absolute Gasteiger partial charge is 0.497 e. The van der Waals surface area contributed by atoms with Crippen molar-refractivity contribution in [2.75, 3.05) is 7.11 Å². The number of carbonyl (C=O) groups is 1. The topological polar surface area (TPSA) is 74.3 Å². The Morgan fingerprint density at radius 3 is 2.81 bits per heavy atom. The highest BCUT2D eigenvalue weighted by Gasteiger charge is 2.46. The minimum atomic E-state index is -0.813. The number of carboxylic acid groups (broad SMARTS) is 1. The number of hydrogen-bond donors (Lipinski definition) is 3. The normalized spacial score (nSPS) is 24.3. The monoisotopic (exact) mass is 306 g/mol. The molecule has 2 unspecified atom stereocenters. The number of rotatable bonds is 3. The molecule has 3 rings (SSSR count). The van der Waals surface area contributed by atoms with E-state index in [0.29, 0.717) is 0 Å².